The van der Waals surface area contributed by atoms with E-state index in [-0.39, 0.29) is 17.6 Å². The van der Waals surface area contributed by atoms with Crippen LogP contribution in [0.25, 0.3) is 6.08 Å². The van der Waals surface area contributed by atoms with Crippen LogP contribution < -0.4 is 15.0 Å². The Hall–Kier alpha value is -3.06. The molecule has 0 saturated carbocycles. The molecule has 0 spiro atoms. The summed E-state index contributed by atoms with van der Waals surface area (Å²) in [4.78, 5) is 31.0. The number of ether oxygens (including phenoxy) is 1. The van der Waals surface area contributed by atoms with Gasteiger partial charge in [0.1, 0.15) is 11.4 Å². The lowest BCUT2D eigenvalue weighted by atomic mass is 10.0. The van der Waals surface area contributed by atoms with Crippen LogP contribution in [-0.4, -0.2) is 36.9 Å². The molecule has 0 aliphatic carbocycles. The lowest BCUT2D eigenvalue weighted by Gasteiger charge is -2.18. The Morgan fingerprint density at radius 3 is 2.60 bits per heavy atom. The zero-order valence-electron chi connectivity index (χ0n) is 17.5. The molecule has 0 saturated heterocycles. The number of methoxy groups -OCH3 is 1. The molecule has 3 rings (SSSR count). The summed E-state index contributed by atoms with van der Waals surface area (Å²) in [6.45, 7) is 4.28. The number of amidine groups is 1. The molecule has 30 heavy (non-hydrogen) atoms. The van der Waals surface area contributed by atoms with Crippen LogP contribution in [0.5, 0.6) is 5.75 Å². The summed E-state index contributed by atoms with van der Waals surface area (Å²) in [5, 5.41) is 3.05. The van der Waals surface area contributed by atoms with Crippen molar-refractivity contribution in [3.05, 3.63) is 65.4 Å². The van der Waals surface area contributed by atoms with Crippen LogP contribution in [0.15, 0.2) is 59.2 Å². The van der Waals surface area contributed by atoms with Gasteiger partial charge in [-0.1, -0.05) is 55.9 Å². The predicted octanol–water partition coefficient (Wildman–Crippen LogP) is 4.04. The van der Waals surface area contributed by atoms with Gasteiger partial charge in [0.2, 0.25) is 5.91 Å². The van der Waals surface area contributed by atoms with E-state index in [1.807, 2.05) is 30.3 Å². The molecular formula is C23H25N3O3S. The van der Waals surface area contributed by atoms with Gasteiger partial charge in [0.05, 0.1) is 18.6 Å². The smallest absolute Gasteiger partial charge is 0.283 e. The van der Waals surface area contributed by atoms with Gasteiger partial charge in [-0.25, -0.2) is 4.99 Å². The van der Waals surface area contributed by atoms with E-state index in [9.17, 15) is 9.59 Å². The Morgan fingerprint density at radius 2 is 1.97 bits per heavy atom. The second-order valence-electron chi connectivity index (χ2n) is 7.05. The van der Waals surface area contributed by atoms with Crippen molar-refractivity contribution < 1.29 is 14.3 Å². The number of hydrogen-bond donors (Lipinski definition) is 1. The van der Waals surface area contributed by atoms with Crippen molar-refractivity contribution in [2.45, 2.75) is 19.8 Å². The molecule has 0 fully saturated rings. The number of hydrogen-bond acceptors (Lipinski definition) is 5. The zero-order chi connectivity index (χ0) is 21.7. The van der Waals surface area contributed by atoms with Gasteiger partial charge in [0.25, 0.3) is 5.91 Å². The van der Waals surface area contributed by atoms with E-state index in [2.05, 4.69) is 36.3 Å². The molecule has 6 nitrogen and oxygen atoms in total. The van der Waals surface area contributed by atoms with E-state index in [0.717, 1.165) is 5.56 Å². The van der Waals surface area contributed by atoms with Crippen LogP contribution in [-0.2, 0) is 9.59 Å². The predicted molar refractivity (Wildman–Crippen MR) is 123 cm³/mol. The van der Waals surface area contributed by atoms with E-state index < -0.39 is 0 Å². The van der Waals surface area contributed by atoms with Gasteiger partial charge < -0.3 is 10.1 Å². The molecule has 0 bridgehead atoms. The first-order valence-corrected chi connectivity index (χ1v) is 10.6. The third kappa shape index (κ3) is 4.91. The number of nitrogens with one attached hydrogen (secondary N) is 1. The molecular weight excluding hydrogens is 398 g/mol. The van der Waals surface area contributed by atoms with Crippen molar-refractivity contribution in [2.75, 3.05) is 24.8 Å². The SMILES string of the molecule is CNC(=O)CSC1=N/C(=C\c2ccc(C(C)C)cc2)C(=O)N1c1cccc(OC)c1. The number of benzene rings is 2. The topological polar surface area (TPSA) is 71.0 Å². The Bertz CT molecular complexity index is 997. The van der Waals surface area contributed by atoms with Crippen molar-refractivity contribution >= 4 is 40.5 Å². The number of carbonyl (C=O) groups is 2. The quantitative estimate of drug-likeness (QED) is 0.712. The summed E-state index contributed by atoms with van der Waals surface area (Å²) in [5.74, 6) is 0.865. The Kier molecular flexibility index (Phi) is 6.95. The van der Waals surface area contributed by atoms with Gasteiger partial charge in [0.15, 0.2) is 5.17 Å². The van der Waals surface area contributed by atoms with Crippen molar-refractivity contribution in [2.24, 2.45) is 4.99 Å². The Morgan fingerprint density at radius 1 is 1.23 bits per heavy atom. The van der Waals surface area contributed by atoms with Crippen molar-refractivity contribution in [3.63, 3.8) is 0 Å². The minimum Gasteiger partial charge on any atom is -0.497 e. The number of carbonyl (C=O) groups excluding carboxylic acids is 2. The largest absolute Gasteiger partial charge is 0.497 e. The lowest BCUT2D eigenvalue weighted by Crippen LogP contribution is -2.31. The number of thioether (sulfide) groups is 1. The molecule has 0 unspecified atom stereocenters. The number of amides is 2. The number of nitrogens with zero attached hydrogens (tertiary/aromatic N) is 2. The van der Waals surface area contributed by atoms with Crippen molar-refractivity contribution in [3.8, 4) is 5.75 Å². The lowest BCUT2D eigenvalue weighted by molar-refractivity contribution is -0.118. The van der Waals surface area contributed by atoms with Crippen molar-refractivity contribution in [1.82, 2.24) is 5.32 Å². The maximum Gasteiger partial charge on any atom is 0.283 e. The van der Waals surface area contributed by atoms with Gasteiger partial charge in [-0.3, -0.25) is 14.5 Å². The third-order valence-corrected chi connectivity index (χ3v) is 5.60. The molecule has 1 heterocycles. The molecule has 0 atom stereocenters. The fourth-order valence-corrected chi connectivity index (χ4v) is 3.79. The Balaban J connectivity index is 1.94. The van der Waals surface area contributed by atoms with Crippen LogP contribution in [0, 0.1) is 0 Å². The number of rotatable bonds is 6. The second-order valence-corrected chi connectivity index (χ2v) is 7.99. The van der Waals surface area contributed by atoms with Crippen LogP contribution in [0.4, 0.5) is 5.69 Å². The maximum atomic E-state index is 13.2. The summed E-state index contributed by atoms with van der Waals surface area (Å²) in [6.07, 6.45) is 1.77. The molecule has 0 aromatic heterocycles. The monoisotopic (exact) mass is 423 g/mol. The van der Waals surface area contributed by atoms with Gasteiger partial charge in [-0.05, 0) is 35.3 Å². The minimum atomic E-state index is -0.240. The molecule has 2 aromatic rings. The molecule has 0 radical (unpaired) electrons. The van der Waals surface area contributed by atoms with Crippen molar-refractivity contribution in [1.29, 1.82) is 0 Å². The molecule has 1 N–H and O–H groups in total. The molecule has 2 amide bonds. The molecule has 2 aromatic carbocycles. The second kappa shape index (κ2) is 9.63. The summed E-state index contributed by atoms with van der Waals surface area (Å²) in [7, 11) is 3.16. The fraction of sp³-hybridized carbons (Fsp3) is 0.261. The summed E-state index contributed by atoms with van der Waals surface area (Å²) in [5.41, 5.74) is 3.10. The average Bonchev–Trinajstić information content (AvgIpc) is 3.07. The van der Waals surface area contributed by atoms with Gasteiger partial charge in [-0.2, -0.15) is 0 Å². The van der Waals surface area contributed by atoms with Crippen LogP contribution in [0.2, 0.25) is 0 Å². The summed E-state index contributed by atoms with van der Waals surface area (Å²) < 4.78 is 5.29. The first-order chi connectivity index (χ1) is 14.4. The van der Waals surface area contributed by atoms with Crippen LogP contribution >= 0.6 is 11.8 Å². The number of aliphatic imine (C=N–C) groups is 1. The first-order valence-electron chi connectivity index (χ1n) is 9.65. The van der Waals surface area contributed by atoms with E-state index in [1.54, 1.807) is 26.3 Å². The highest BCUT2D eigenvalue weighted by atomic mass is 32.2. The van der Waals surface area contributed by atoms with E-state index in [4.69, 9.17) is 4.74 Å². The summed E-state index contributed by atoms with van der Waals surface area (Å²) >= 11 is 1.22. The standard InChI is InChI=1S/C23H25N3O3S/c1-15(2)17-10-8-16(9-11-17)12-20-22(28)26(18-6-5-7-19(13-18)29-4)23(25-20)30-14-21(27)24-3/h5-13,15H,14H2,1-4H3,(H,24,27)/b20-12-. The van der Waals surface area contributed by atoms with Crippen LogP contribution in [0.1, 0.15) is 30.9 Å². The van der Waals surface area contributed by atoms with Gasteiger partial charge >= 0.3 is 0 Å². The van der Waals surface area contributed by atoms with E-state index in [0.29, 0.717) is 28.2 Å². The fourth-order valence-electron chi connectivity index (χ4n) is 2.91. The first kappa shape index (κ1) is 21.6. The number of anilines is 1. The molecule has 7 heteroatoms. The van der Waals surface area contributed by atoms with Crippen LogP contribution in [0.3, 0.4) is 0 Å². The minimum absolute atomic E-state index is 0.137. The normalized spacial score (nSPS) is 15.0. The average molecular weight is 424 g/mol. The van der Waals surface area contributed by atoms with E-state index >= 15 is 0 Å². The molecule has 156 valence electrons. The molecule has 1 aliphatic rings. The maximum absolute atomic E-state index is 13.2. The van der Waals surface area contributed by atoms with E-state index in [1.165, 1.54) is 22.2 Å². The highest BCUT2D eigenvalue weighted by Crippen LogP contribution is 2.31. The highest BCUT2D eigenvalue weighted by Gasteiger charge is 2.32. The third-order valence-electron chi connectivity index (χ3n) is 4.66. The zero-order valence-corrected chi connectivity index (χ0v) is 18.3. The Labute approximate surface area is 181 Å². The highest BCUT2D eigenvalue weighted by molar-refractivity contribution is 8.14. The molecule has 1 aliphatic heterocycles. The van der Waals surface area contributed by atoms with Gasteiger partial charge in [-0.15, -0.1) is 0 Å². The van der Waals surface area contributed by atoms with Gasteiger partial charge in [0, 0.05) is 13.1 Å². The summed E-state index contributed by atoms with van der Waals surface area (Å²) in [6, 6.07) is 15.3.